The van der Waals surface area contributed by atoms with E-state index in [0.29, 0.717) is 19.6 Å². The summed E-state index contributed by atoms with van der Waals surface area (Å²) in [6.45, 7) is 4.06. The summed E-state index contributed by atoms with van der Waals surface area (Å²) in [4.78, 5) is 31.5. The molecule has 1 aliphatic carbocycles. The van der Waals surface area contributed by atoms with Crippen molar-refractivity contribution in [3.8, 4) is 0 Å². The van der Waals surface area contributed by atoms with E-state index in [1.54, 1.807) is 25.1 Å². The van der Waals surface area contributed by atoms with Crippen molar-refractivity contribution in [3.05, 3.63) is 35.6 Å². The summed E-state index contributed by atoms with van der Waals surface area (Å²) in [7, 11) is 3.49. The number of amides is 3. The monoisotopic (exact) mass is 387 g/mol. The summed E-state index contributed by atoms with van der Waals surface area (Å²) in [6, 6.07) is 6.32. The Morgan fingerprint density at radius 2 is 1.86 bits per heavy atom. The first kappa shape index (κ1) is 19.2. The van der Waals surface area contributed by atoms with E-state index < -0.39 is 0 Å². The van der Waals surface area contributed by atoms with Crippen molar-refractivity contribution < 1.29 is 14.0 Å². The number of hydrogen-bond donors (Lipinski definition) is 0. The van der Waals surface area contributed by atoms with Crippen molar-refractivity contribution in [1.29, 1.82) is 0 Å². The van der Waals surface area contributed by atoms with Gasteiger partial charge >= 0.3 is 6.03 Å². The molecule has 5 nitrogen and oxygen atoms in total. The summed E-state index contributed by atoms with van der Waals surface area (Å²) in [5.74, 6) is 0.372. The molecule has 3 atom stereocenters. The number of hydrogen-bond acceptors (Lipinski definition) is 2. The molecule has 2 heterocycles. The zero-order chi connectivity index (χ0) is 20.1. The molecule has 4 rings (SSSR count). The Labute approximate surface area is 166 Å². The van der Waals surface area contributed by atoms with E-state index in [1.165, 1.54) is 12.1 Å². The minimum absolute atomic E-state index is 0.0516. The number of likely N-dealkylation sites (tertiary alicyclic amines) is 2. The van der Waals surface area contributed by atoms with Crippen LogP contribution in [0, 0.1) is 23.1 Å². The quantitative estimate of drug-likeness (QED) is 0.779. The van der Waals surface area contributed by atoms with E-state index in [2.05, 4.69) is 6.92 Å². The fraction of sp³-hybridized carbons (Fsp3) is 0.636. The summed E-state index contributed by atoms with van der Waals surface area (Å²) < 4.78 is 13.9. The van der Waals surface area contributed by atoms with E-state index >= 15 is 0 Å². The van der Waals surface area contributed by atoms with Gasteiger partial charge < -0.3 is 14.7 Å². The zero-order valence-electron chi connectivity index (χ0n) is 17.0. The lowest BCUT2D eigenvalue weighted by Gasteiger charge is -2.33. The summed E-state index contributed by atoms with van der Waals surface area (Å²) in [5.41, 5.74) is 0.593. The fourth-order valence-electron chi connectivity index (χ4n) is 5.53. The Balaban J connectivity index is 1.60. The topological polar surface area (TPSA) is 43.9 Å². The molecule has 0 spiro atoms. The van der Waals surface area contributed by atoms with Gasteiger partial charge in [-0.15, -0.1) is 0 Å². The van der Waals surface area contributed by atoms with E-state index in [0.717, 1.165) is 31.2 Å². The SMILES string of the molecule is CN(C)C(=O)N1C[C@H]2CN(C(=O)C3(C)CCCC3)C[C@H]2[C@@H]1c1cccc(F)c1. The van der Waals surface area contributed by atoms with Gasteiger partial charge in [0.1, 0.15) is 5.82 Å². The highest BCUT2D eigenvalue weighted by Crippen LogP contribution is 2.47. The highest BCUT2D eigenvalue weighted by atomic mass is 19.1. The van der Waals surface area contributed by atoms with Crippen LogP contribution in [0.15, 0.2) is 24.3 Å². The zero-order valence-corrected chi connectivity index (χ0v) is 17.0. The van der Waals surface area contributed by atoms with Crippen LogP contribution in [0.3, 0.4) is 0 Å². The van der Waals surface area contributed by atoms with Crippen LogP contribution in [-0.4, -0.2) is 60.4 Å². The number of nitrogens with zero attached hydrogens (tertiary/aromatic N) is 3. The van der Waals surface area contributed by atoms with Gasteiger partial charge in [0, 0.05) is 51.0 Å². The molecule has 0 N–H and O–H groups in total. The molecule has 3 aliphatic rings. The molecule has 1 aromatic carbocycles. The molecular formula is C22H30FN3O2. The minimum Gasteiger partial charge on any atom is -0.341 e. The molecule has 152 valence electrons. The number of rotatable bonds is 2. The lowest BCUT2D eigenvalue weighted by molar-refractivity contribution is -0.140. The number of halogens is 1. The molecular weight excluding hydrogens is 357 g/mol. The van der Waals surface area contributed by atoms with Gasteiger partial charge in [0.2, 0.25) is 5.91 Å². The number of carbonyl (C=O) groups is 2. The Morgan fingerprint density at radius 3 is 2.50 bits per heavy atom. The molecule has 3 fully saturated rings. The van der Waals surface area contributed by atoms with Gasteiger partial charge in [0.25, 0.3) is 0 Å². The van der Waals surface area contributed by atoms with Crippen LogP contribution in [0.2, 0.25) is 0 Å². The Kier molecular flexibility index (Phi) is 4.84. The van der Waals surface area contributed by atoms with Crippen molar-refractivity contribution >= 4 is 11.9 Å². The van der Waals surface area contributed by atoms with Gasteiger partial charge in [-0.3, -0.25) is 4.79 Å². The van der Waals surface area contributed by atoms with Gasteiger partial charge in [0.15, 0.2) is 0 Å². The molecule has 0 unspecified atom stereocenters. The predicted molar refractivity (Wildman–Crippen MR) is 105 cm³/mol. The smallest absolute Gasteiger partial charge is 0.320 e. The normalized spacial score (nSPS) is 28.5. The maximum Gasteiger partial charge on any atom is 0.320 e. The van der Waals surface area contributed by atoms with Crippen LogP contribution in [0.25, 0.3) is 0 Å². The number of urea groups is 1. The molecule has 0 radical (unpaired) electrons. The standard InChI is InChI=1S/C22H30FN3O2/c1-22(9-4-5-10-22)20(27)25-12-16-13-26(21(28)24(2)3)19(18(16)14-25)15-7-6-8-17(23)11-15/h6-8,11,16,18-19H,4-5,9-10,12-14H2,1-3H3/t16-,18-,19+/m1/s1. The summed E-state index contributed by atoms with van der Waals surface area (Å²) in [5, 5.41) is 0. The average Bonchev–Trinajstić information content (AvgIpc) is 3.34. The van der Waals surface area contributed by atoms with Crippen molar-refractivity contribution in [3.63, 3.8) is 0 Å². The summed E-state index contributed by atoms with van der Waals surface area (Å²) in [6.07, 6.45) is 4.19. The third-order valence-electron chi connectivity index (χ3n) is 6.99. The van der Waals surface area contributed by atoms with Crippen molar-refractivity contribution in [2.24, 2.45) is 17.3 Å². The second-order valence-electron chi connectivity index (χ2n) is 9.23. The van der Waals surface area contributed by atoms with Crippen LogP contribution in [-0.2, 0) is 4.79 Å². The lowest BCUT2D eigenvalue weighted by Crippen LogP contribution is -2.44. The molecule has 0 aromatic heterocycles. The van der Waals surface area contributed by atoms with Crippen molar-refractivity contribution in [1.82, 2.24) is 14.7 Å². The molecule has 0 bridgehead atoms. The Morgan fingerprint density at radius 1 is 1.14 bits per heavy atom. The van der Waals surface area contributed by atoms with Gasteiger partial charge in [-0.25, -0.2) is 9.18 Å². The third-order valence-corrected chi connectivity index (χ3v) is 6.99. The molecule has 2 saturated heterocycles. The number of benzene rings is 1. The van der Waals surface area contributed by atoms with Crippen LogP contribution < -0.4 is 0 Å². The first-order valence-electron chi connectivity index (χ1n) is 10.3. The van der Waals surface area contributed by atoms with Crippen LogP contribution in [0.4, 0.5) is 9.18 Å². The average molecular weight is 387 g/mol. The van der Waals surface area contributed by atoms with Gasteiger partial charge in [-0.1, -0.05) is 31.9 Å². The van der Waals surface area contributed by atoms with Gasteiger partial charge in [-0.2, -0.15) is 0 Å². The fourth-order valence-corrected chi connectivity index (χ4v) is 5.53. The first-order chi connectivity index (χ1) is 13.3. The molecule has 2 aliphatic heterocycles. The maximum absolute atomic E-state index is 13.9. The minimum atomic E-state index is -0.289. The molecule has 3 amide bonds. The van der Waals surface area contributed by atoms with Crippen LogP contribution >= 0.6 is 0 Å². The van der Waals surface area contributed by atoms with Crippen LogP contribution in [0.5, 0.6) is 0 Å². The van der Waals surface area contributed by atoms with E-state index in [1.807, 2.05) is 15.9 Å². The molecule has 6 heteroatoms. The van der Waals surface area contributed by atoms with Gasteiger partial charge in [-0.05, 0) is 30.5 Å². The first-order valence-corrected chi connectivity index (χ1v) is 10.3. The van der Waals surface area contributed by atoms with Crippen molar-refractivity contribution in [2.75, 3.05) is 33.7 Å². The number of fused-ring (bicyclic) bond motifs is 1. The summed E-state index contributed by atoms with van der Waals surface area (Å²) >= 11 is 0. The van der Waals surface area contributed by atoms with E-state index in [9.17, 15) is 14.0 Å². The highest BCUT2D eigenvalue weighted by Gasteiger charge is 2.52. The molecule has 28 heavy (non-hydrogen) atoms. The van der Waals surface area contributed by atoms with E-state index in [-0.39, 0.29) is 41.0 Å². The number of carbonyl (C=O) groups excluding carboxylic acids is 2. The highest BCUT2D eigenvalue weighted by molar-refractivity contribution is 5.83. The second-order valence-corrected chi connectivity index (χ2v) is 9.23. The maximum atomic E-state index is 13.9. The largest absolute Gasteiger partial charge is 0.341 e. The van der Waals surface area contributed by atoms with Crippen LogP contribution in [0.1, 0.15) is 44.2 Å². The molecule has 1 saturated carbocycles. The Bertz CT molecular complexity index is 775. The predicted octanol–water partition coefficient (Wildman–Crippen LogP) is 3.52. The Hall–Kier alpha value is -2.11. The lowest BCUT2D eigenvalue weighted by atomic mass is 9.87. The molecule has 1 aromatic rings. The second kappa shape index (κ2) is 7.05. The van der Waals surface area contributed by atoms with Gasteiger partial charge in [0.05, 0.1) is 6.04 Å². The third kappa shape index (κ3) is 3.16. The van der Waals surface area contributed by atoms with Crippen molar-refractivity contribution in [2.45, 2.75) is 38.6 Å². The van der Waals surface area contributed by atoms with E-state index in [4.69, 9.17) is 0 Å².